The molecule has 0 amide bonds. The summed E-state index contributed by atoms with van der Waals surface area (Å²) in [5.74, 6) is -1.05. The molecule has 0 atom stereocenters. The van der Waals surface area contributed by atoms with E-state index < -0.39 is 34.8 Å². The molecule has 0 aromatic carbocycles. The summed E-state index contributed by atoms with van der Waals surface area (Å²) in [6.07, 6.45) is -2.10. The maximum atomic E-state index is 12.4. The van der Waals surface area contributed by atoms with Gasteiger partial charge in [-0.1, -0.05) is 0 Å². The molecule has 0 radical (unpaired) electrons. The Labute approximate surface area is 82.9 Å². The minimum Gasteiger partial charge on any atom is -0.465 e. The van der Waals surface area contributed by atoms with Gasteiger partial charge in [0.1, 0.15) is 5.56 Å². The number of alkyl halides is 2. The summed E-state index contributed by atoms with van der Waals surface area (Å²) in [6, 6.07) is 0. The molecule has 5 nitrogen and oxygen atoms in total. The summed E-state index contributed by atoms with van der Waals surface area (Å²) in [5.41, 5.74) is 2.64. The average molecular weight is 218 g/mol. The zero-order chi connectivity index (χ0) is 11.6. The van der Waals surface area contributed by atoms with E-state index in [1.807, 2.05) is 4.98 Å². The largest absolute Gasteiger partial charge is 0.465 e. The van der Waals surface area contributed by atoms with Gasteiger partial charge in [0.2, 0.25) is 0 Å². The van der Waals surface area contributed by atoms with E-state index in [-0.39, 0.29) is 0 Å². The first-order valence-electron chi connectivity index (χ1n) is 3.86. The second kappa shape index (κ2) is 4.07. The lowest BCUT2D eigenvalue weighted by Crippen LogP contribution is -2.22. The molecule has 1 rings (SSSR count). The Balaban J connectivity index is 3.43. The summed E-state index contributed by atoms with van der Waals surface area (Å²) in [5, 5.41) is 0. The predicted octanol–water partition coefficient (Wildman–Crippen LogP) is 0.681. The maximum absolute atomic E-state index is 12.4. The van der Waals surface area contributed by atoms with Crippen LogP contribution in [-0.4, -0.2) is 18.1 Å². The van der Waals surface area contributed by atoms with Crippen LogP contribution in [0.4, 0.5) is 14.5 Å². The van der Waals surface area contributed by atoms with Crippen molar-refractivity contribution >= 4 is 11.7 Å². The Kier molecular flexibility index (Phi) is 3.03. The molecule has 0 unspecified atom stereocenters. The SMILES string of the molecule is COC(=O)c1c(N)c(C(F)F)c[nH]c1=O. The van der Waals surface area contributed by atoms with E-state index in [0.717, 1.165) is 13.3 Å². The quantitative estimate of drug-likeness (QED) is 0.715. The molecular weight excluding hydrogens is 210 g/mol. The van der Waals surface area contributed by atoms with E-state index in [1.54, 1.807) is 0 Å². The summed E-state index contributed by atoms with van der Waals surface area (Å²) in [6.45, 7) is 0. The molecule has 0 fully saturated rings. The molecule has 0 saturated heterocycles. The number of rotatable bonds is 2. The second-order valence-electron chi connectivity index (χ2n) is 2.65. The minimum atomic E-state index is -2.87. The van der Waals surface area contributed by atoms with E-state index in [9.17, 15) is 18.4 Å². The van der Waals surface area contributed by atoms with Gasteiger partial charge in [-0.15, -0.1) is 0 Å². The monoisotopic (exact) mass is 218 g/mol. The smallest absolute Gasteiger partial charge is 0.345 e. The number of nitrogens with two attached hydrogens (primary N) is 1. The van der Waals surface area contributed by atoms with Gasteiger partial charge in [0, 0.05) is 6.20 Å². The van der Waals surface area contributed by atoms with Crippen molar-refractivity contribution in [3.05, 3.63) is 27.7 Å². The van der Waals surface area contributed by atoms with Gasteiger partial charge >= 0.3 is 5.97 Å². The van der Waals surface area contributed by atoms with Gasteiger partial charge in [0.15, 0.2) is 0 Å². The third-order valence-corrected chi connectivity index (χ3v) is 1.79. The van der Waals surface area contributed by atoms with Gasteiger partial charge in [0.05, 0.1) is 18.4 Å². The number of nitrogens with one attached hydrogen (secondary N) is 1. The lowest BCUT2D eigenvalue weighted by atomic mass is 10.1. The Bertz CT molecular complexity index is 442. The predicted molar refractivity (Wildman–Crippen MR) is 47.8 cm³/mol. The second-order valence-corrected chi connectivity index (χ2v) is 2.65. The number of carbonyl (C=O) groups excluding carboxylic acids is 1. The standard InChI is InChI=1S/C8H8F2N2O3/c1-15-8(14)4-5(11)3(6(9)10)2-12-7(4)13/h2,6H,1H3,(H3,11,12,13). The Morgan fingerprint density at radius 3 is 2.67 bits per heavy atom. The minimum absolute atomic E-state index is 0.555. The lowest BCUT2D eigenvalue weighted by Gasteiger charge is -2.07. The lowest BCUT2D eigenvalue weighted by molar-refractivity contribution is 0.0599. The van der Waals surface area contributed by atoms with Gasteiger partial charge in [0.25, 0.3) is 12.0 Å². The van der Waals surface area contributed by atoms with Crippen LogP contribution in [0.25, 0.3) is 0 Å². The maximum Gasteiger partial charge on any atom is 0.345 e. The fourth-order valence-corrected chi connectivity index (χ4v) is 1.05. The number of H-pyrrole nitrogens is 1. The van der Waals surface area contributed by atoms with Crippen LogP contribution in [0.5, 0.6) is 0 Å². The first-order valence-corrected chi connectivity index (χ1v) is 3.86. The molecule has 1 heterocycles. The topological polar surface area (TPSA) is 85.2 Å². The summed E-state index contributed by atoms with van der Waals surface area (Å²) in [4.78, 5) is 24.2. The van der Waals surface area contributed by atoms with Crippen molar-refractivity contribution in [3.8, 4) is 0 Å². The van der Waals surface area contributed by atoms with Crippen LogP contribution in [0.15, 0.2) is 11.0 Å². The summed E-state index contributed by atoms with van der Waals surface area (Å²) >= 11 is 0. The third-order valence-electron chi connectivity index (χ3n) is 1.79. The van der Waals surface area contributed by atoms with Crippen molar-refractivity contribution in [1.29, 1.82) is 0 Å². The number of aromatic nitrogens is 1. The number of anilines is 1. The van der Waals surface area contributed by atoms with Gasteiger partial charge in [-0.25, -0.2) is 13.6 Å². The number of aromatic amines is 1. The zero-order valence-corrected chi connectivity index (χ0v) is 7.71. The van der Waals surface area contributed by atoms with E-state index in [2.05, 4.69) is 4.74 Å². The van der Waals surface area contributed by atoms with Crippen LogP contribution in [0.3, 0.4) is 0 Å². The highest BCUT2D eigenvalue weighted by atomic mass is 19.3. The number of methoxy groups -OCH3 is 1. The Morgan fingerprint density at radius 1 is 1.60 bits per heavy atom. The number of esters is 1. The molecule has 0 spiro atoms. The fourth-order valence-electron chi connectivity index (χ4n) is 1.05. The third kappa shape index (κ3) is 1.95. The van der Waals surface area contributed by atoms with E-state index >= 15 is 0 Å². The number of halogens is 2. The van der Waals surface area contributed by atoms with Crippen LogP contribution in [0, 0.1) is 0 Å². The highest BCUT2D eigenvalue weighted by Crippen LogP contribution is 2.25. The number of ether oxygens (including phenoxy) is 1. The number of hydrogen-bond donors (Lipinski definition) is 2. The van der Waals surface area contributed by atoms with Crippen molar-refractivity contribution in [2.24, 2.45) is 0 Å². The van der Waals surface area contributed by atoms with Crippen LogP contribution in [0.1, 0.15) is 22.3 Å². The van der Waals surface area contributed by atoms with Crippen molar-refractivity contribution in [2.75, 3.05) is 12.8 Å². The highest BCUT2D eigenvalue weighted by molar-refractivity contribution is 5.95. The molecular formula is C8H8F2N2O3. The van der Waals surface area contributed by atoms with Gasteiger partial charge < -0.3 is 15.5 Å². The molecule has 0 saturated carbocycles. The molecule has 0 aliphatic carbocycles. The van der Waals surface area contributed by atoms with Gasteiger partial charge in [-0.05, 0) is 0 Å². The summed E-state index contributed by atoms with van der Waals surface area (Å²) < 4.78 is 29.0. The highest BCUT2D eigenvalue weighted by Gasteiger charge is 2.21. The molecule has 15 heavy (non-hydrogen) atoms. The molecule has 7 heteroatoms. The first-order chi connectivity index (χ1) is 6.99. The number of pyridine rings is 1. The molecule has 1 aromatic rings. The Hall–Kier alpha value is -1.92. The molecule has 0 aliphatic rings. The van der Waals surface area contributed by atoms with Crippen molar-refractivity contribution in [3.63, 3.8) is 0 Å². The van der Waals surface area contributed by atoms with E-state index in [1.165, 1.54) is 0 Å². The van der Waals surface area contributed by atoms with E-state index in [0.29, 0.717) is 0 Å². The zero-order valence-electron chi connectivity index (χ0n) is 7.71. The number of hydrogen-bond acceptors (Lipinski definition) is 4. The van der Waals surface area contributed by atoms with Crippen molar-refractivity contribution in [1.82, 2.24) is 4.98 Å². The van der Waals surface area contributed by atoms with Crippen molar-refractivity contribution in [2.45, 2.75) is 6.43 Å². The van der Waals surface area contributed by atoms with Crippen molar-refractivity contribution < 1.29 is 18.3 Å². The molecule has 1 aromatic heterocycles. The van der Waals surface area contributed by atoms with Gasteiger partial charge in [-0.2, -0.15) is 0 Å². The fraction of sp³-hybridized carbons (Fsp3) is 0.250. The molecule has 0 bridgehead atoms. The van der Waals surface area contributed by atoms with Gasteiger partial charge in [-0.3, -0.25) is 4.79 Å². The van der Waals surface area contributed by atoms with E-state index in [4.69, 9.17) is 5.73 Å². The average Bonchev–Trinajstić information content (AvgIpc) is 2.16. The number of carbonyl (C=O) groups is 1. The molecule has 0 aliphatic heterocycles. The normalized spacial score (nSPS) is 10.4. The van der Waals surface area contributed by atoms with Crippen LogP contribution < -0.4 is 11.3 Å². The summed E-state index contributed by atoms with van der Waals surface area (Å²) in [7, 11) is 1.02. The van der Waals surface area contributed by atoms with Crippen LogP contribution in [0.2, 0.25) is 0 Å². The molecule has 82 valence electrons. The Morgan fingerprint density at radius 2 is 2.20 bits per heavy atom. The first kappa shape index (κ1) is 11.2. The van der Waals surface area contributed by atoms with Crippen LogP contribution >= 0.6 is 0 Å². The van der Waals surface area contributed by atoms with Crippen LogP contribution in [-0.2, 0) is 4.74 Å². The number of nitrogen functional groups attached to an aromatic ring is 1. The molecule has 3 N–H and O–H groups in total.